The van der Waals surface area contributed by atoms with E-state index in [1.54, 1.807) is 48.4 Å². The molecule has 2 aromatic rings. The van der Waals surface area contributed by atoms with Gasteiger partial charge in [0.25, 0.3) is 5.91 Å². The molecular weight excluding hydrogens is 332 g/mol. The minimum atomic E-state index is -0.413. The minimum absolute atomic E-state index is 0.0502. The van der Waals surface area contributed by atoms with Gasteiger partial charge in [0, 0.05) is 18.7 Å². The smallest absolute Gasteiger partial charge is 0.259 e. The van der Waals surface area contributed by atoms with Gasteiger partial charge in [0.15, 0.2) is 0 Å². The van der Waals surface area contributed by atoms with Crippen molar-refractivity contribution in [2.24, 2.45) is 0 Å². The zero-order valence-corrected chi connectivity index (χ0v) is 14.9. The number of ether oxygens (including phenoxy) is 1. The Morgan fingerprint density at radius 3 is 2.69 bits per heavy atom. The maximum atomic E-state index is 12.5. The van der Waals surface area contributed by atoms with Crippen LogP contribution in [0.4, 0.5) is 11.4 Å². The second-order valence-corrected chi connectivity index (χ2v) is 6.36. The van der Waals surface area contributed by atoms with E-state index in [1.807, 2.05) is 6.92 Å². The second-order valence-electron chi connectivity index (χ2n) is 6.36. The quantitative estimate of drug-likeness (QED) is 0.881. The van der Waals surface area contributed by atoms with Crippen molar-refractivity contribution in [2.45, 2.75) is 26.2 Å². The lowest BCUT2D eigenvalue weighted by molar-refractivity contribution is -0.119. The number of aryl methyl sites for hydroxylation is 1. The van der Waals surface area contributed by atoms with Crippen molar-refractivity contribution in [3.05, 3.63) is 47.5 Å². The highest BCUT2D eigenvalue weighted by Gasteiger charge is 2.23. The molecule has 3 rings (SSSR count). The fraction of sp³-hybridized carbons (Fsp3) is 0.300. The van der Waals surface area contributed by atoms with Gasteiger partial charge in [-0.05, 0) is 55.7 Å². The van der Waals surface area contributed by atoms with Crippen LogP contribution in [0.3, 0.4) is 0 Å². The number of phenolic OH excluding ortho intramolecular Hbond substituents is 1. The molecule has 2 aromatic carbocycles. The molecule has 0 unspecified atom stereocenters. The number of phenols is 1. The van der Waals surface area contributed by atoms with E-state index in [2.05, 4.69) is 5.32 Å². The maximum absolute atomic E-state index is 12.5. The number of hydrogen-bond donors (Lipinski definition) is 2. The molecule has 0 bridgehead atoms. The number of nitrogens with zero attached hydrogens (tertiary/aromatic N) is 1. The number of piperidine rings is 1. The van der Waals surface area contributed by atoms with Gasteiger partial charge < -0.3 is 20.1 Å². The molecule has 0 radical (unpaired) electrons. The van der Waals surface area contributed by atoms with E-state index in [0.29, 0.717) is 30.1 Å². The Kier molecular flexibility index (Phi) is 5.11. The van der Waals surface area contributed by atoms with E-state index in [1.165, 1.54) is 0 Å². The van der Waals surface area contributed by atoms with Crippen LogP contribution in [-0.4, -0.2) is 30.6 Å². The second kappa shape index (κ2) is 7.47. The van der Waals surface area contributed by atoms with Gasteiger partial charge in [0.05, 0.1) is 18.4 Å². The number of rotatable bonds is 4. The molecule has 136 valence electrons. The summed E-state index contributed by atoms with van der Waals surface area (Å²) in [5, 5.41) is 12.8. The summed E-state index contributed by atoms with van der Waals surface area (Å²) >= 11 is 0. The molecule has 2 N–H and O–H groups in total. The highest BCUT2D eigenvalue weighted by molar-refractivity contribution is 6.06. The predicted molar refractivity (Wildman–Crippen MR) is 100.0 cm³/mol. The van der Waals surface area contributed by atoms with Gasteiger partial charge in [-0.25, -0.2) is 0 Å². The third-order valence-electron chi connectivity index (χ3n) is 4.45. The van der Waals surface area contributed by atoms with Crippen molar-refractivity contribution < 1.29 is 19.4 Å². The van der Waals surface area contributed by atoms with Crippen LogP contribution in [0.15, 0.2) is 36.4 Å². The number of hydrogen-bond acceptors (Lipinski definition) is 4. The number of nitrogens with one attached hydrogen (secondary N) is 1. The summed E-state index contributed by atoms with van der Waals surface area (Å²) in [5.41, 5.74) is 2.24. The standard InChI is InChI=1S/C20H22N2O4/c1-13-6-8-15(17(23)11-13)20(25)21-14-7-9-18(26-2)16(12-14)22-10-4-3-5-19(22)24/h6-9,11-12,23H,3-5,10H2,1-2H3,(H,21,25). The minimum Gasteiger partial charge on any atom is -0.507 e. The molecule has 0 spiro atoms. The van der Waals surface area contributed by atoms with Crippen molar-refractivity contribution in [3.8, 4) is 11.5 Å². The molecule has 6 nitrogen and oxygen atoms in total. The Labute approximate surface area is 152 Å². The average molecular weight is 354 g/mol. The molecule has 1 aliphatic heterocycles. The van der Waals surface area contributed by atoms with E-state index in [4.69, 9.17) is 4.74 Å². The molecule has 26 heavy (non-hydrogen) atoms. The summed E-state index contributed by atoms with van der Waals surface area (Å²) in [6.07, 6.45) is 2.33. The van der Waals surface area contributed by atoms with Gasteiger partial charge in [0.2, 0.25) is 5.91 Å². The van der Waals surface area contributed by atoms with E-state index < -0.39 is 5.91 Å². The van der Waals surface area contributed by atoms with E-state index in [9.17, 15) is 14.7 Å². The topological polar surface area (TPSA) is 78.9 Å². The summed E-state index contributed by atoms with van der Waals surface area (Å²) in [4.78, 5) is 26.4. The van der Waals surface area contributed by atoms with Gasteiger partial charge in [-0.3, -0.25) is 9.59 Å². The number of benzene rings is 2. The first kappa shape index (κ1) is 17.8. The van der Waals surface area contributed by atoms with E-state index in [0.717, 1.165) is 18.4 Å². The van der Waals surface area contributed by atoms with Gasteiger partial charge in [0.1, 0.15) is 11.5 Å². The van der Waals surface area contributed by atoms with Crippen LogP contribution in [0.1, 0.15) is 35.2 Å². The molecular formula is C20H22N2O4. The lowest BCUT2D eigenvalue weighted by Gasteiger charge is -2.28. The van der Waals surface area contributed by atoms with Crippen molar-refractivity contribution in [1.29, 1.82) is 0 Å². The third-order valence-corrected chi connectivity index (χ3v) is 4.45. The summed E-state index contributed by atoms with van der Waals surface area (Å²) in [6, 6.07) is 10.0. The van der Waals surface area contributed by atoms with Gasteiger partial charge in [-0.2, -0.15) is 0 Å². The van der Waals surface area contributed by atoms with Crippen LogP contribution in [0.25, 0.3) is 0 Å². The Bertz CT molecular complexity index is 848. The number of methoxy groups -OCH3 is 1. The molecule has 0 atom stereocenters. The monoisotopic (exact) mass is 354 g/mol. The molecule has 0 saturated carbocycles. The molecule has 1 saturated heterocycles. The average Bonchev–Trinajstić information content (AvgIpc) is 2.62. The predicted octanol–water partition coefficient (Wildman–Crippen LogP) is 3.48. The van der Waals surface area contributed by atoms with Crippen molar-refractivity contribution in [1.82, 2.24) is 0 Å². The number of anilines is 2. The Morgan fingerprint density at radius 1 is 1.19 bits per heavy atom. The highest BCUT2D eigenvalue weighted by atomic mass is 16.5. The fourth-order valence-electron chi connectivity index (χ4n) is 3.07. The Hall–Kier alpha value is -3.02. The zero-order chi connectivity index (χ0) is 18.7. The molecule has 1 heterocycles. The van der Waals surface area contributed by atoms with Crippen molar-refractivity contribution >= 4 is 23.2 Å². The van der Waals surface area contributed by atoms with Crippen molar-refractivity contribution in [3.63, 3.8) is 0 Å². The molecule has 1 aliphatic rings. The van der Waals surface area contributed by atoms with Crippen molar-refractivity contribution in [2.75, 3.05) is 23.9 Å². The first-order valence-corrected chi connectivity index (χ1v) is 8.59. The fourth-order valence-corrected chi connectivity index (χ4v) is 3.07. The normalized spacial score (nSPS) is 14.2. The Balaban J connectivity index is 1.87. The van der Waals surface area contributed by atoms with Crippen LogP contribution < -0.4 is 15.0 Å². The van der Waals surface area contributed by atoms with Gasteiger partial charge in [-0.1, -0.05) is 6.07 Å². The maximum Gasteiger partial charge on any atom is 0.259 e. The van der Waals surface area contributed by atoms with Gasteiger partial charge in [-0.15, -0.1) is 0 Å². The lowest BCUT2D eigenvalue weighted by Crippen LogP contribution is -2.35. The summed E-state index contributed by atoms with van der Waals surface area (Å²) in [6.45, 7) is 2.47. The molecule has 0 aromatic heterocycles. The SMILES string of the molecule is COc1ccc(NC(=O)c2ccc(C)cc2O)cc1N1CCCCC1=O. The van der Waals surface area contributed by atoms with Crippen LogP contribution in [0.2, 0.25) is 0 Å². The molecule has 2 amide bonds. The lowest BCUT2D eigenvalue weighted by atomic mass is 10.1. The zero-order valence-electron chi connectivity index (χ0n) is 14.9. The third kappa shape index (κ3) is 3.64. The molecule has 1 fully saturated rings. The molecule has 6 heteroatoms. The Morgan fingerprint density at radius 2 is 2.00 bits per heavy atom. The number of amides is 2. The van der Waals surface area contributed by atoms with E-state index >= 15 is 0 Å². The van der Waals surface area contributed by atoms with Crippen LogP contribution in [-0.2, 0) is 4.79 Å². The molecule has 0 aliphatic carbocycles. The number of aromatic hydroxyl groups is 1. The van der Waals surface area contributed by atoms with Crippen LogP contribution in [0.5, 0.6) is 11.5 Å². The summed E-state index contributed by atoms with van der Waals surface area (Å²) < 4.78 is 5.38. The van der Waals surface area contributed by atoms with Crippen LogP contribution >= 0.6 is 0 Å². The number of carbonyl (C=O) groups excluding carboxylic acids is 2. The van der Waals surface area contributed by atoms with Crippen LogP contribution in [0, 0.1) is 6.92 Å². The van der Waals surface area contributed by atoms with Gasteiger partial charge >= 0.3 is 0 Å². The largest absolute Gasteiger partial charge is 0.507 e. The first-order chi connectivity index (χ1) is 12.5. The first-order valence-electron chi connectivity index (χ1n) is 8.59. The highest BCUT2D eigenvalue weighted by Crippen LogP contribution is 2.34. The summed E-state index contributed by atoms with van der Waals surface area (Å²) in [7, 11) is 1.55. The van der Waals surface area contributed by atoms with E-state index in [-0.39, 0.29) is 17.2 Å². The summed E-state index contributed by atoms with van der Waals surface area (Å²) in [5.74, 6) is 0.150. The number of carbonyl (C=O) groups is 2.